The van der Waals surface area contributed by atoms with Crippen LogP contribution >= 0.6 is 0 Å². The highest BCUT2D eigenvalue weighted by Gasteiger charge is 2.35. The number of hydrogen-bond acceptors (Lipinski definition) is 12. The first kappa shape index (κ1) is 38.8. The van der Waals surface area contributed by atoms with Gasteiger partial charge in [0.15, 0.2) is 0 Å². The summed E-state index contributed by atoms with van der Waals surface area (Å²) in [6.07, 6.45) is 6.33. The van der Waals surface area contributed by atoms with E-state index in [4.69, 9.17) is 28.4 Å². The fraction of sp³-hybridized carbons (Fsp3) is 0.548. The van der Waals surface area contributed by atoms with Crippen molar-refractivity contribution in [2.45, 2.75) is 58.8 Å². The van der Waals surface area contributed by atoms with Crippen molar-refractivity contribution in [2.24, 2.45) is 10.8 Å². The van der Waals surface area contributed by atoms with E-state index in [1.165, 1.54) is 0 Å². The Labute approximate surface area is 253 Å². The molecule has 0 heterocycles. The van der Waals surface area contributed by atoms with Crippen LogP contribution in [0.2, 0.25) is 0 Å². The highest BCUT2D eigenvalue weighted by atomic mass is 16.6. The third kappa shape index (κ3) is 16.7. The van der Waals surface area contributed by atoms with Gasteiger partial charge in [-0.15, -0.1) is 0 Å². The molecule has 0 aromatic rings. The van der Waals surface area contributed by atoms with E-state index < -0.39 is 46.6 Å². The maximum absolute atomic E-state index is 12.4. The zero-order valence-electron chi connectivity index (χ0n) is 25.2. The van der Waals surface area contributed by atoms with E-state index >= 15 is 0 Å². The Morgan fingerprint density at radius 1 is 0.465 bits per heavy atom. The first-order valence-corrected chi connectivity index (χ1v) is 13.9. The van der Waals surface area contributed by atoms with Crippen molar-refractivity contribution in [2.75, 3.05) is 39.6 Å². The van der Waals surface area contributed by atoms with Crippen molar-refractivity contribution in [3.8, 4) is 0 Å². The standard InChI is InChI=1S/C31H44O12/c1-7-24(32)38-18-30(11-5,19-39-25(33)8-2)22-42-28(36)16-14-13-15-17-29(37)43-23-31(12-6,20-40-26(34)9-3)21-41-27(35)10-4/h7-10H,1-4,11-23H2,5-6H3. The molecular weight excluding hydrogens is 564 g/mol. The first-order valence-electron chi connectivity index (χ1n) is 13.9. The summed E-state index contributed by atoms with van der Waals surface area (Å²) in [5, 5.41) is 0. The van der Waals surface area contributed by atoms with Gasteiger partial charge in [-0.1, -0.05) is 46.6 Å². The lowest BCUT2D eigenvalue weighted by atomic mass is 9.88. The highest BCUT2D eigenvalue weighted by Crippen LogP contribution is 2.26. The maximum atomic E-state index is 12.4. The topological polar surface area (TPSA) is 158 Å². The number of esters is 6. The number of carbonyl (C=O) groups excluding carboxylic acids is 6. The molecule has 43 heavy (non-hydrogen) atoms. The molecule has 0 saturated heterocycles. The second-order valence-electron chi connectivity index (χ2n) is 9.84. The zero-order valence-corrected chi connectivity index (χ0v) is 25.2. The Bertz CT molecular complexity index is 871. The van der Waals surface area contributed by atoms with Gasteiger partial charge in [-0.05, 0) is 25.7 Å². The van der Waals surface area contributed by atoms with E-state index in [-0.39, 0.29) is 52.5 Å². The summed E-state index contributed by atoms with van der Waals surface area (Å²) < 4.78 is 31.3. The van der Waals surface area contributed by atoms with Gasteiger partial charge in [0, 0.05) is 37.1 Å². The summed E-state index contributed by atoms with van der Waals surface area (Å²) in [4.78, 5) is 70.9. The Hall–Kier alpha value is -4.22. The monoisotopic (exact) mass is 608 g/mol. The van der Waals surface area contributed by atoms with Crippen molar-refractivity contribution in [1.82, 2.24) is 0 Å². The predicted molar refractivity (Wildman–Crippen MR) is 155 cm³/mol. The Morgan fingerprint density at radius 2 is 0.721 bits per heavy atom. The molecule has 0 atom stereocenters. The third-order valence-corrected chi connectivity index (χ3v) is 6.59. The summed E-state index contributed by atoms with van der Waals surface area (Å²) in [5.74, 6) is -3.64. The van der Waals surface area contributed by atoms with E-state index in [0.717, 1.165) is 24.3 Å². The van der Waals surface area contributed by atoms with Crippen molar-refractivity contribution >= 4 is 35.8 Å². The van der Waals surface area contributed by atoms with Gasteiger partial charge in [0.1, 0.15) is 39.6 Å². The van der Waals surface area contributed by atoms with Crippen LogP contribution in [-0.4, -0.2) is 75.5 Å². The molecule has 0 bridgehead atoms. The van der Waals surface area contributed by atoms with Crippen LogP contribution < -0.4 is 0 Å². The average molecular weight is 609 g/mol. The molecule has 0 amide bonds. The molecule has 0 fully saturated rings. The molecule has 240 valence electrons. The van der Waals surface area contributed by atoms with E-state index in [9.17, 15) is 28.8 Å². The molecule has 0 aliphatic carbocycles. The van der Waals surface area contributed by atoms with E-state index in [2.05, 4.69) is 26.3 Å². The lowest BCUT2D eigenvalue weighted by Gasteiger charge is -2.30. The summed E-state index contributed by atoms with van der Waals surface area (Å²) in [6.45, 7) is 16.0. The van der Waals surface area contributed by atoms with Crippen LogP contribution in [-0.2, 0) is 57.2 Å². The number of rotatable bonds is 24. The quantitative estimate of drug-likeness (QED) is 0.0678. The number of carbonyl (C=O) groups is 6. The van der Waals surface area contributed by atoms with Gasteiger partial charge < -0.3 is 28.4 Å². The Kier molecular flexibility index (Phi) is 19.4. The minimum absolute atomic E-state index is 0.0794. The molecule has 12 nitrogen and oxygen atoms in total. The minimum Gasteiger partial charge on any atom is -0.465 e. The van der Waals surface area contributed by atoms with Crippen LogP contribution in [0, 0.1) is 10.8 Å². The molecular formula is C31H44O12. The lowest BCUT2D eigenvalue weighted by molar-refractivity contribution is -0.160. The molecule has 0 spiro atoms. The Balaban J connectivity index is 4.76. The fourth-order valence-corrected chi connectivity index (χ4v) is 3.32. The van der Waals surface area contributed by atoms with E-state index in [1.54, 1.807) is 13.8 Å². The second-order valence-corrected chi connectivity index (χ2v) is 9.84. The zero-order chi connectivity index (χ0) is 32.7. The van der Waals surface area contributed by atoms with Gasteiger partial charge in [0.05, 0.1) is 10.8 Å². The molecule has 0 radical (unpaired) electrons. The molecule has 0 saturated carbocycles. The molecule has 0 aromatic heterocycles. The SMILES string of the molecule is C=CC(=O)OCC(CC)(COC(=O)C=C)COC(=O)CCCCCC(=O)OCC(CC)(COC(=O)C=C)COC(=O)C=C. The molecule has 0 aromatic carbocycles. The number of hydrogen-bond donors (Lipinski definition) is 0. The second kappa shape index (κ2) is 21.5. The summed E-state index contributed by atoms with van der Waals surface area (Å²) >= 11 is 0. The molecule has 12 heteroatoms. The Morgan fingerprint density at radius 3 is 0.953 bits per heavy atom. The highest BCUT2D eigenvalue weighted by molar-refractivity contribution is 5.82. The largest absolute Gasteiger partial charge is 0.465 e. The number of unbranched alkanes of at least 4 members (excludes halogenated alkanes) is 2. The molecule has 0 aliphatic rings. The van der Waals surface area contributed by atoms with Crippen LogP contribution in [0.25, 0.3) is 0 Å². The normalized spacial score (nSPS) is 10.8. The lowest BCUT2D eigenvalue weighted by Crippen LogP contribution is -2.38. The van der Waals surface area contributed by atoms with Crippen molar-refractivity contribution in [3.63, 3.8) is 0 Å². The van der Waals surface area contributed by atoms with Crippen LogP contribution in [0.15, 0.2) is 50.6 Å². The van der Waals surface area contributed by atoms with Gasteiger partial charge >= 0.3 is 35.8 Å². The maximum Gasteiger partial charge on any atom is 0.330 e. The van der Waals surface area contributed by atoms with Crippen LogP contribution in [0.4, 0.5) is 0 Å². The fourth-order valence-electron chi connectivity index (χ4n) is 3.32. The van der Waals surface area contributed by atoms with Gasteiger partial charge in [-0.25, -0.2) is 19.2 Å². The third-order valence-electron chi connectivity index (χ3n) is 6.59. The van der Waals surface area contributed by atoms with Crippen molar-refractivity contribution < 1.29 is 57.2 Å². The van der Waals surface area contributed by atoms with Crippen LogP contribution in [0.1, 0.15) is 58.8 Å². The summed E-state index contributed by atoms with van der Waals surface area (Å²) in [6, 6.07) is 0. The minimum atomic E-state index is -0.946. The summed E-state index contributed by atoms with van der Waals surface area (Å²) in [7, 11) is 0. The summed E-state index contributed by atoms with van der Waals surface area (Å²) in [5.41, 5.74) is -1.89. The predicted octanol–water partition coefficient (Wildman–Crippen LogP) is 3.73. The molecule has 0 N–H and O–H groups in total. The average Bonchev–Trinajstić information content (AvgIpc) is 3.03. The van der Waals surface area contributed by atoms with E-state index in [0.29, 0.717) is 32.1 Å². The molecule has 0 rings (SSSR count). The van der Waals surface area contributed by atoms with Gasteiger partial charge in [-0.2, -0.15) is 0 Å². The van der Waals surface area contributed by atoms with E-state index in [1.807, 2.05) is 0 Å². The van der Waals surface area contributed by atoms with Gasteiger partial charge in [-0.3, -0.25) is 9.59 Å². The number of ether oxygens (including phenoxy) is 6. The van der Waals surface area contributed by atoms with Gasteiger partial charge in [0.2, 0.25) is 0 Å². The van der Waals surface area contributed by atoms with Crippen molar-refractivity contribution in [3.05, 3.63) is 50.6 Å². The molecule has 0 aliphatic heterocycles. The molecule has 0 unspecified atom stereocenters. The first-order chi connectivity index (χ1) is 20.4. The smallest absolute Gasteiger partial charge is 0.330 e. The van der Waals surface area contributed by atoms with Crippen LogP contribution in [0.5, 0.6) is 0 Å². The van der Waals surface area contributed by atoms with Crippen LogP contribution in [0.3, 0.4) is 0 Å². The van der Waals surface area contributed by atoms with Crippen molar-refractivity contribution in [1.29, 1.82) is 0 Å². The van der Waals surface area contributed by atoms with Gasteiger partial charge in [0.25, 0.3) is 0 Å².